The highest BCUT2D eigenvalue weighted by molar-refractivity contribution is 5.82. The molecule has 0 aliphatic rings. The van der Waals surface area contributed by atoms with Gasteiger partial charge < -0.3 is 19.9 Å². The molecular weight excluding hydrogens is 302 g/mol. The van der Waals surface area contributed by atoms with Gasteiger partial charge in [0.25, 0.3) is 0 Å². The van der Waals surface area contributed by atoms with Crippen molar-refractivity contribution >= 4 is 18.0 Å². The molecule has 0 rings (SSSR count). The van der Waals surface area contributed by atoms with Crippen molar-refractivity contribution in [1.29, 1.82) is 0 Å². The molecule has 0 aromatic carbocycles. The molecule has 0 aliphatic carbocycles. The van der Waals surface area contributed by atoms with Gasteiger partial charge in [0, 0.05) is 0 Å². The Morgan fingerprint density at radius 1 is 1.00 bits per heavy atom. The Balaban J connectivity index is 5.10. The third-order valence-electron chi connectivity index (χ3n) is 2.74. The number of hydrogen-bond donors (Lipinski definition) is 2. The lowest BCUT2D eigenvalue weighted by molar-refractivity contribution is -0.158. The topological polar surface area (TPSA) is 102 Å². The van der Waals surface area contributed by atoms with Crippen molar-refractivity contribution in [3.8, 4) is 0 Å². The number of alkyl carbamates (subject to hydrolysis) is 1. The van der Waals surface area contributed by atoms with Crippen LogP contribution in [0.25, 0.3) is 0 Å². The molecule has 0 spiro atoms. The average molecular weight is 331 g/mol. The van der Waals surface area contributed by atoms with E-state index in [1.807, 2.05) is 0 Å². The van der Waals surface area contributed by atoms with E-state index in [-0.39, 0.29) is 6.42 Å². The van der Waals surface area contributed by atoms with Gasteiger partial charge in [-0.25, -0.2) is 9.59 Å². The van der Waals surface area contributed by atoms with E-state index in [9.17, 15) is 14.4 Å². The van der Waals surface area contributed by atoms with Crippen LogP contribution < -0.4 is 5.32 Å². The second kappa shape index (κ2) is 8.17. The summed E-state index contributed by atoms with van der Waals surface area (Å²) in [6.07, 6.45) is -0.501. The molecule has 2 atom stereocenters. The first kappa shape index (κ1) is 21.2. The molecular formula is C16H29NO6. The predicted octanol–water partition coefficient (Wildman–Crippen LogP) is 2.72. The van der Waals surface area contributed by atoms with E-state index in [1.54, 1.807) is 48.5 Å². The molecule has 0 unspecified atom stereocenters. The van der Waals surface area contributed by atoms with Crippen LogP contribution in [0.4, 0.5) is 4.79 Å². The van der Waals surface area contributed by atoms with Crippen molar-refractivity contribution < 1.29 is 29.0 Å². The van der Waals surface area contributed by atoms with Gasteiger partial charge in [-0.3, -0.25) is 4.79 Å². The first-order valence-electron chi connectivity index (χ1n) is 7.70. The SMILES string of the molecule is CC[C@@H](C[C@H](NC(=O)OC(C)(C)C)C(=O)OC(C)(C)C)C(=O)O. The highest BCUT2D eigenvalue weighted by Gasteiger charge is 2.32. The van der Waals surface area contributed by atoms with Crippen LogP contribution in [-0.2, 0) is 19.1 Å². The first-order valence-corrected chi connectivity index (χ1v) is 7.70. The molecule has 2 N–H and O–H groups in total. The molecule has 0 saturated carbocycles. The van der Waals surface area contributed by atoms with E-state index in [0.717, 1.165) is 0 Å². The molecule has 23 heavy (non-hydrogen) atoms. The second-order valence-corrected chi connectivity index (χ2v) is 7.41. The summed E-state index contributed by atoms with van der Waals surface area (Å²) in [6.45, 7) is 11.9. The van der Waals surface area contributed by atoms with Gasteiger partial charge in [-0.05, 0) is 54.4 Å². The lowest BCUT2D eigenvalue weighted by atomic mass is 9.97. The quantitative estimate of drug-likeness (QED) is 0.726. The minimum atomic E-state index is -1.08. The average Bonchev–Trinajstić information content (AvgIpc) is 2.29. The van der Waals surface area contributed by atoms with Crippen LogP contribution in [-0.4, -0.2) is 40.4 Å². The smallest absolute Gasteiger partial charge is 0.408 e. The van der Waals surface area contributed by atoms with Crippen LogP contribution in [0.2, 0.25) is 0 Å². The number of rotatable bonds is 6. The summed E-state index contributed by atoms with van der Waals surface area (Å²) >= 11 is 0. The van der Waals surface area contributed by atoms with E-state index in [1.165, 1.54) is 0 Å². The summed E-state index contributed by atoms with van der Waals surface area (Å²) in [4.78, 5) is 35.3. The lowest BCUT2D eigenvalue weighted by Gasteiger charge is -2.27. The molecule has 0 aromatic rings. The molecule has 134 valence electrons. The molecule has 7 nitrogen and oxygen atoms in total. The van der Waals surface area contributed by atoms with Gasteiger partial charge in [0.15, 0.2) is 0 Å². The molecule has 0 aromatic heterocycles. The molecule has 0 bridgehead atoms. The van der Waals surface area contributed by atoms with E-state index in [2.05, 4.69) is 5.32 Å². The third kappa shape index (κ3) is 9.76. The van der Waals surface area contributed by atoms with E-state index < -0.39 is 41.2 Å². The number of carbonyl (C=O) groups is 3. The van der Waals surface area contributed by atoms with Crippen molar-refractivity contribution in [2.24, 2.45) is 5.92 Å². The summed E-state index contributed by atoms with van der Waals surface area (Å²) < 4.78 is 10.4. The summed E-state index contributed by atoms with van der Waals surface area (Å²) in [5.41, 5.74) is -1.46. The zero-order valence-corrected chi connectivity index (χ0v) is 15.1. The van der Waals surface area contributed by atoms with E-state index >= 15 is 0 Å². The van der Waals surface area contributed by atoms with Crippen LogP contribution in [0.5, 0.6) is 0 Å². The second-order valence-electron chi connectivity index (χ2n) is 7.41. The minimum Gasteiger partial charge on any atom is -0.481 e. The Morgan fingerprint density at radius 3 is 1.83 bits per heavy atom. The zero-order valence-electron chi connectivity index (χ0n) is 15.1. The molecule has 0 fully saturated rings. The normalized spacial score (nSPS) is 14.6. The molecule has 0 radical (unpaired) electrons. The van der Waals surface area contributed by atoms with E-state index in [4.69, 9.17) is 14.6 Å². The summed E-state index contributed by atoms with van der Waals surface area (Å²) in [6, 6.07) is -1.08. The number of esters is 1. The Kier molecular flexibility index (Phi) is 7.54. The Hall–Kier alpha value is -1.79. The molecule has 0 saturated heterocycles. The van der Waals surface area contributed by atoms with Gasteiger partial charge in [0.05, 0.1) is 5.92 Å². The van der Waals surface area contributed by atoms with Crippen molar-refractivity contribution in [1.82, 2.24) is 5.32 Å². The maximum Gasteiger partial charge on any atom is 0.408 e. The number of aliphatic carboxylic acids is 1. The van der Waals surface area contributed by atoms with Gasteiger partial charge in [-0.1, -0.05) is 6.92 Å². The summed E-state index contributed by atoms with van der Waals surface area (Å²) in [5.74, 6) is -2.46. The van der Waals surface area contributed by atoms with Crippen LogP contribution in [0.15, 0.2) is 0 Å². The first-order chi connectivity index (χ1) is 10.2. The number of ether oxygens (including phenoxy) is 2. The number of amides is 1. The van der Waals surface area contributed by atoms with Crippen LogP contribution in [0.3, 0.4) is 0 Å². The van der Waals surface area contributed by atoms with Crippen LogP contribution in [0, 0.1) is 5.92 Å². The fourth-order valence-corrected chi connectivity index (χ4v) is 1.76. The van der Waals surface area contributed by atoms with E-state index in [0.29, 0.717) is 6.42 Å². The van der Waals surface area contributed by atoms with Crippen molar-refractivity contribution in [3.63, 3.8) is 0 Å². The highest BCUT2D eigenvalue weighted by atomic mass is 16.6. The number of carboxylic acid groups (broad SMARTS) is 1. The summed E-state index contributed by atoms with van der Waals surface area (Å²) in [5, 5.41) is 11.6. The number of nitrogens with one attached hydrogen (secondary N) is 1. The van der Waals surface area contributed by atoms with Gasteiger partial charge >= 0.3 is 18.0 Å². The van der Waals surface area contributed by atoms with Crippen molar-refractivity contribution in [2.45, 2.75) is 78.6 Å². The number of carbonyl (C=O) groups excluding carboxylic acids is 2. The van der Waals surface area contributed by atoms with Gasteiger partial charge in [-0.2, -0.15) is 0 Å². The predicted molar refractivity (Wildman–Crippen MR) is 85.0 cm³/mol. The maximum atomic E-state index is 12.2. The minimum absolute atomic E-state index is 0.0556. The van der Waals surface area contributed by atoms with Crippen LogP contribution in [0.1, 0.15) is 61.3 Å². The standard InChI is InChI=1S/C16H29NO6/c1-8-10(12(18)19)9-11(13(20)22-15(2,3)4)17-14(21)23-16(5,6)7/h10-11H,8-9H2,1-7H3,(H,17,21)(H,18,19)/t10-,11-/m0/s1. The molecule has 0 aliphatic heterocycles. The fraction of sp³-hybridized carbons (Fsp3) is 0.812. The Bertz CT molecular complexity index is 433. The van der Waals surface area contributed by atoms with Crippen LogP contribution >= 0.6 is 0 Å². The molecule has 1 amide bonds. The number of carboxylic acids is 1. The van der Waals surface area contributed by atoms with Gasteiger partial charge in [0.2, 0.25) is 0 Å². The third-order valence-corrected chi connectivity index (χ3v) is 2.74. The number of hydrogen-bond acceptors (Lipinski definition) is 5. The fourth-order valence-electron chi connectivity index (χ4n) is 1.76. The van der Waals surface area contributed by atoms with Crippen molar-refractivity contribution in [3.05, 3.63) is 0 Å². The Morgan fingerprint density at radius 2 is 1.48 bits per heavy atom. The lowest BCUT2D eigenvalue weighted by Crippen LogP contribution is -2.47. The van der Waals surface area contributed by atoms with Gasteiger partial charge in [-0.15, -0.1) is 0 Å². The Labute approximate surface area is 137 Å². The monoisotopic (exact) mass is 331 g/mol. The molecule has 0 heterocycles. The van der Waals surface area contributed by atoms with Gasteiger partial charge in [0.1, 0.15) is 17.2 Å². The largest absolute Gasteiger partial charge is 0.481 e. The molecule has 7 heteroatoms. The van der Waals surface area contributed by atoms with Crippen molar-refractivity contribution in [2.75, 3.05) is 0 Å². The highest BCUT2D eigenvalue weighted by Crippen LogP contribution is 2.17. The summed E-state index contributed by atoms with van der Waals surface area (Å²) in [7, 11) is 0. The zero-order chi connectivity index (χ0) is 18.4. The maximum absolute atomic E-state index is 12.2.